The van der Waals surface area contributed by atoms with Gasteiger partial charge in [-0.25, -0.2) is 0 Å². The Kier molecular flexibility index (Phi) is 4.44. The molecule has 2 aromatic carbocycles. The van der Waals surface area contributed by atoms with Crippen LogP contribution < -0.4 is 5.32 Å². The number of fused-ring (bicyclic) bond motifs is 1. The first-order valence-corrected chi connectivity index (χ1v) is 8.34. The molecule has 1 aromatic heterocycles. The molecule has 3 aromatic rings. The van der Waals surface area contributed by atoms with Crippen LogP contribution in [0.25, 0.3) is 11.1 Å². The molecule has 1 aliphatic heterocycles. The zero-order chi connectivity index (χ0) is 16.2. The van der Waals surface area contributed by atoms with E-state index in [-0.39, 0.29) is 6.10 Å². The highest BCUT2D eigenvalue weighted by Crippen LogP contribution is 2.18. The lowest BCUT2D eigenvalue weighted by Crippen LogP contribution is -2.44. The molecule has 0 radical (unpaired) electrons. The van der Waals surface area contributed by atoms with Gasteiger partial charge in [0, 0.05) is 26.2 Å². The van der Waals surface area contributed by atoms with E-state index in [1.54, 1.807) is 0 Å². The standard InChI is InChI=1S/C19H21N3O2/c1-2-6-15(7-3-1)13-22-10-11-23-16(14-22)12-20-19-21-17-8-4-5-9-18(17)24-19/h1-9,16H,10-14H2,(H,20,21). The molecule has 0 amide bonds. The van der Waals surface area contributed by atoms with Gasteiger partial charge in [-0.2, -0.15) is 4.98 Å². The van der Waals surface area contributed by atoms with E-state index in [4.69, 9.17) is 9.15 Å². The van der Waals surface area contributed by atoms with Crippen molar-refractivity contribution in [3.63, 3.8) is 0 Å². The second kappa shape index (κ2) is 7.03. The molecule has 0 spiro atoms. The maximum atomic E-state index is 5.87. The van der Waals surface area contributed by atoms with E-state index in [1.165, 1.54) is 5.56 Å². The number of hydrogen-bond acceptors (Lipinski definition) is 5. The SMILES string of the molecule is c1ccc(CN2CCOC(CNc3nc4ccccc4o3)C2)cc1. The number of hydrogen-bond donors (Lipinski definition) is 1. The number of para-hydroxylation sites is 2. The molecule has 5 heteroatoms. The Bertz CT molecular complexity index is 754. The molecule has 24 heavy (non-hydrogen) atoms. The van der Waals surface area contributed by atoms with Crippen molar-refractivity contribution < 1.29 is 9.15 Å². The van der Waals surface area contributed by atoms with Crippen LogP contribution in [0.5, 0.6) is 0 Å². The van der Waals surface area contributed by atoms with Gasteiger partial charge >= 0.3 is 0 Å². The molecule has 2 heterocycles. The molecule has 0 aliphatic carbocycles. The molecule has 5 nitrogen and oxygen atoms in total. The number of nitrogens with zero attached hydrogens (tertiary/aromatic N) is 2. The molecule has 4 rings (SSSR count). The Morgan fingerprint density at radius 1 is 1.08 bits per heavy atom. The first-order chi connectivity index (χ1) is 11.9. The monoisotopic (exact) mass is 323 g/mol. The molecule has 1 atom stereocenters. The Labute approximate surface area is 141 Å². The van der Waals surface area contributed by atoms with Crippen molar-refractivity contribution in [2.24, 2.45) is 0 Å². The average molecular weight is 323 g/mol. The van der Waals surface area contributed by atoms with Gasteiger partial charge in [-0.3, -0.25) is 4.90 Å². The summed E-state index contributed by atoms with van der Waals surface area (Å²) in [5, 5.41) is 3.26. The minimum atomic E-state index is 0.137. The smallest absolute Gasteiger partial charge is 0.295 e. The molecule has 1 fully saturated rings. The van der Waals surface area contributed by atoms with E-state index in [0.717, 1.165) is 37.3 Å². The number of ether oxygens (including phenoxy) is 1. The van der Waals surface area contributed by atoms with Crippen LogP contribution in [0.4, 0.5) is 6.01 Å². The van der Waals surface area contributed by atoms with Crippen molar-refractivity contribution in [3.05, 3.63) is 60.2 Å². The van der Waals surface area contributed by atoms with Crippen LogP contribution in [0.1, 0.15) is 5.56 Å². The van der Waals surface area contributed by atoms with E-state index in [0.29, 0.717) is 12.6 Å². The zero-order valence-electron chi connectivity index (χ0n) is 13.5. The predicted octanol–water partition coefficient (Wildman–Crippen LogP) is 3.14. The number of aromatic nitrogens is 1. The largest absolute Gasteiger partial charge is 0.424 e. The van der Waals surface area contributed by atoms with Crippen LogP contribution in [-0.2, 0) is 11.3 Å². The third kappa shape index (κ3) is 3.58. The first-order valence-electron chi connectivity index (χ1n) is 8.34. The van der Waals surface area contributed by atoms with Crippen LogP contribution in [0, 0.1) is 0 Å². The topological polar surface area (TPSA) is 50.5 Å². The van der Waals surface area contributed by atoms with Crippen LogP contribution in [0.3, 0.4) is 0 Å². The molecular formula is C19H21N3O2. The quantitative estimate of drug-likeness (QED) is 0.782. The summed E-state index contributed by atoms with van der Waals surface area (Å²) in [4.78, 5) is 6.86. The Hall–Kier alpha value is -2.37. The van der Waals surface area contributed by atoms with Gasteiger partial charge in [0.25, 0.3) is 6.01 Å². The lowest BCUT2D eigenvalue weighted by atomic mass is 10.2. The second-order valence-electron chi connectivity index (χ2n) is 6.08. The van der Waals surface area contributed by atoms with E-state index >= 15 is 0 Å². The number of nitrogens with one attached hydrogen (secondary N) is 1. The lowest BCUT2D eigenvalue weighted by Gasteiger charge is -2.32. The summed E-state index contributed by atoms with van der Waals surface area (Å²) >= 11 is 0. The van der Waals surface area contributed by atoms with Crippen molar-refractivity contribution >= 4 is 17.1 Å². The second-order valence-corrected chi connectivity index (χ2v) is 6.08. The molecule has 1 N–H and O–H groups in total. The van der Waals surface area contributed by atoms with Gasteiger partial charge in [-0.05, 0) is 17.7 Å². The number of benzene rings is 2. The third-order valence-electron chi connectivity index (χ3n) is 4.25. The van der Waals surface area contributed by atoms with Crippen molar-refractivity contribution in [2.75, 3.05) is 31.6 Å². The van der Waals surface area contributed by atoms with Crippen molar-refractivity contribution in [1.82, 2.24) is 9.88 Å². The van der Waals surface area contributed by atoms with Crippen LogP contribution in [0.2, 0.25) is 0 Å². The van der Waals surface area contributed by atoms with Crippen LogP contribution in [0.15, 0.2) is 59.0 Å². The predicted molar refractivity (Wildman–Crippen MR) is 94.0 cm³/mol. The van der Waals surface area contributed by atoms with E-state index < -0.39 is 0 Å². The highest BCUT2D eigenvalue weighted by molar-refractivity contribution is 5.74. The van der Waals surface area contributed by atoms with E-state index in [2.05, 4.69) is 45.5 Å². The van der Waals surface area contributed by atoms with Crippen molar-refractivity contribution in [2.45, 2.75) is 12.6 Å². The summed E-state index contributed by atoms with van der Waals surface area (Å²) in [7, 11) is 0. The number of anilines is 1. The Morgan fingerprint density at radius 3 is 2.79 bits per heavy atom. The zero-order valence-corrected chi connectivity index (χ0v) is 13.5. The first kappa shape index (κ1) is 15.2. The van der Waals surface area contributed by atoms with Gasteiger partial charge in [0.15, 0.2) is 5.58 Å². The third-order valence-corrected chi connectivity index (χ3v) is 4.25. The summed E-state index contributed by atoms with van der Waals surface area (Å²) in [6, 6.07) is 18.9. The summed E-state index contributed by atoms with van der Waals surface area (Å²) in [5.74, 6) is 0. The fourth-order valence-corrected chi connectivity index (χ4v) is 3.04. The van der Waals surface area contributed by atoms with Gasteiger partial charge in [-0.15, -0.1) is 0 Å². The molecular weight excluding hydrogens is 302 g/mol. The van der Waals surface area contributed by atoms with Gasteiger partial charge in [0.1, 0.15) is 5.52 Å². The Balaban J connectivity index is 1.33. The summed E-state index contributed by atoms with van der Waals surface area (Å²) in [5.41, 5.74) is 3.01. The van der Waals surface area contributed by atoms with Crippen molar-refractivity contribution in [1.29, 1.82) is 0 Å². The molecule has 0 bridgehead atoms. The molecule has 1 saturated heterocycles. The highest BCUT2D eigenvalue weighted by atomic mass is 16.5. The maximum absolute atomic E-state index is 5.87. The van der Waals surface area contributed by atoms with E-state index in [9.17, 15) is 0 Å². The summed E-state index contributed by atoms with van der Waals surface area (Å²) in [6.07, 6.45) is 0.137. The maximum Gasteiger partial charge on any atom is 0.295 e. The number of oxazole rings is 1. The lowest BCUT2D eigenvalue weighted by molar-refractivity contribution is -0.0242. The minimum Gasteiger partial charge on any atom is -0.424 e. The van der Waals surface area contributed by atoms with Gasteiger partial charge < -0.3 is 14.5 Å². The van der Waals surface area contributed by atoms with Gasteiger partial charge in [-0.1, -0.05) is 42.5 Å². The fourth-order valence-electron chi connectivity index (χ4n) is 3.04. The van der Waals surface area contributed by atoms with Gasteiger partial charge in [0.05, 0.1) is 12.7 Å². The summed E-state index contributed by atoms with van der Waals surface area (Å²) < 4.78 is 11.6. The molecule has 1 unspecified atom stereocenters. The normalized spacial score (nSPS) is 18.8. The average Bonchev–Trinajstić information content (AvgIpc) is 3.04. The van der Waals surface area contributed by atoms with Crippen molar-refractivity contribution in [3.8, 4) is 0 Å². The summed E-state index contributed by atoms with van der Waals surface area (Å²) in [6.45, 7) is 4.28. The van der Waals surface area contributed by atoms with Crippen LogP contribution >= 0.6 is 0 Å². The van der Waals surface area contributed by atoms with Gasteiger partial charge in [0.2, 0.25) is 0 Å². The van der Waals surface area contributed by atoms with E-state index in [1.807, 2.05) is 24.3 Å². The Morgan fingerprint density at radius 2 is 1.92 bits per heavy atom. The number of morpholine rings is 1. The number of rotatable bonds is 5. The molecule has 1 aliphatic rings. The highest BCUT2D eigenvalue weighted by Gasteiger charge is 2.21. The molecule has 124 valence electrons. The fraction of sp³-hybridized carbons (Fsp3) is 0.316. The molecule has 0 saturated carbocycles. The minimum absolute atomic E-state index is 0.137. The van der Waals surface area contributed by atoms with Crippen LogP contribution in [-0.4, -0.2) is 42.2 Å².